The van der Waals surface area contributed by atoms with Gasteiger partial charge in [0.2, 0.25) is 0 Å². The molecule has 6 nitrogen and oxygen atoms in total. The van der Waals surface area contributed by atoms with E-state index in [-0.39, 0.29) is 5.56 Å². The van der Waals surface area contributed by atoms with Crippen molar-refractivity contribution in [2.24, 2.45) is 0 Å². The van der Waals surface area contributed by atoms with Crippen molar-refractivity contribution >= 4 is 5.97 Å². The zero-order valence-electron chi connectivity index (χ0n) is 9.88. The maximum absolute atomic E-state index is 10.8. The lowest BCUT2D eigenvalue weighted by atomic mass is 10.1. The van der Waals surface area contributed by atoms with Crippen LogP contribution in [0.15, 0.2) is 18.5 Å². The molecule has 0 amide bonds. The summed E-state index contributed by atoms with van der Waals surface area (Å²) in [5, 5.41) is 21.9. The summed E-state index contributed by atoms with van der Waals surface area (Å²) in [7, 11) is 0. The molecule has 0 aliphatic heterocycles. The molecule has 6 heteroatoms. The number of carbonyl (C=O) groups is 1. The highest BCUT2D eigenvalue weighted by atomic mass is 16.4. The third-order valence-corrected chi connectivity index (χ3v) is 2.50. The number of aromatic carboxylic acids is 1. The van der Waals surface area contributed by atoms with Crippen molar-refractivity contribution in [3.05, 3.63) is 41.0 Å². The Bertz CT molecular complexity index is 667. The normalized spacial score (nSPS) is 10.1. The Labute approximate surface area is 103 Å². The van der Waals surface area contributed by atoms with Crippen molar-refractivity contribution in [2.75, 3.05) is 0 Å². The standard InChI is InChI=1S/C12H10N4O2/c1-7-3-11(10(4-13)8(2)15-7)16-6-9(5-14-16)12(17)18/h3,5-6H,1-2H3,(H,17,18). The Balaban J connectivity index is 2.63. The van der Waals surface area contributed by atoms with Crippen LogP contribution in [0.4, 0.5) is 0 Å². The Kier molecular flexibility index (Phi) is 2.81. The monoisotopic (exact) mass is 242 g/mol. The Morgan fingerprint density at radius 2 is 2.22 bits per heavy atom. The first kappa shape index (κ1) is 11.8. The number of hydrogen-bond donors (Lipinski definition) is 1. The van der Waals surface area contributed by atoms with Gasteiger partial charge in [0.1, 0.15) is 6.07 Å². The molecule has 1 N–H and O–H groups in total. The second-order valence-electron chi connectivity index (χ2n) is 3.83. The number of nitriles is 1. The second kappa shape index (κ2) is 4.30. The van der Waals surface area contributed by atoms with E-state index in [2.05, 4.69) is 16.2 Å². The lowest BCUT2D eigenvalue weighted by molar-refractivity contribution is 0.0697. The molecule has 0 saturated heterocycles. The van der Waals surface area contributed by atoms with E-state index in [1.165, 1.54) is 17.1 Å². The molecular formula is C12H10N4O2. The molecule has 2 aromatic rings. The van der Waals surface area contributed by atoms with E-state index in [1.807, 2.05) is 0 Å². The molecule has 2 heterocycles. The topological polar surface area (TPSA) is 91.8 Å². The lowest BCUT2D eigenvalue weighted by Crippen LogP contribution is -2.03. The van der Waals surface area contributed by atoms with E-state index in [1.54, 1.807) is 19.9 Å². The van der Waals surface area contributed by atoms with Crippen LogP contribution in [0.1, 0.15) is 27.3 Å². The number of aryl methyl sites for hydroxylation is 2. The highest BCUT2D eigenvalue weighted by Gasteiger charge is 2.13. The third kappa shape index (κ3) is 1.94. The van der Waals surface area contributed by atoms with Crippen LogP contribution in [0.25, 0.3) is 5.69 Å². The van der Waals surface area contributed by atoms with Crippen LogP contribution < -0.4 is 0 Å². The molecule has 18 heavy (non-hydrogen) atoms. The van der Waals surface area contributed by atoms with Crippen molar-refractivity contribution < 1.29 is 9.90 Å². The summed E-state index contributed by atoms with van der Waals surface area (Å²) in [5.41, 5.74) is 2.34. The van der Waals surface area contributed by atoms with Gasteiger partial charge in [0, 0.05) is 11.9 Å². The summed E-state index contributed by atoms with van der Waals surface area (Å²) in [5.74, 6) is -1.05. The fourth-order valence-electron chi connectivity index (χ4n) is 1.69. The Hall–Kier alpha value is -2.68. The van der Waals surface area contributed by atoms with Crippen LogP contribution in [0, 0.1) is 25.2 Å². The second-order valence-corrected chi connectivity index (χ2v) is 3.83. The molecular weight excluding hydrogens is 232 g/mol. The van der Waals surface area contributed by atoms with E-state index in [4.69, 9.17) is 10.4 Å². The van der Waals surface area contributed by atoms with Crippen molar-refractivity contribution in [3.63, 3.8) is 0 Å². The van der Waals surface area contributed by atoms with Crippen molar-refractivity contribution in [1.82, 2.24) is 14.8 Å². The van der Waals surface area contributed by atoms with Gasteiger partial charge in [-0.05, 0) is 19.9 Å². The fraction of sp³-hybridized carbons (Fsp3) is 0.167. The van der Waals surface area contributed by atoms with E-state index in [9.17, 15) is 4.79 Å². The summed E-state index contributed by atoms with van der Waals surface area (Å²) >= 11 is 0. The van der Waals surface area contributed by atoms with Gasteiger partial charge in [-0.25, -0.2) is 9.48 Å². The number of carboxylic acid groups (broad SMARTS) is 1. The smallest absolute Gasteiger partial charge is 0.338 e. The number of carboxylic acids is 1. The summed E-state index contributed by atoms with van der Waals surface area (Å²) in [6, 6.07) is 3.76. The molecule has 0 fully saturated rings. The molecule has 0 bridgehead atoms. The zero-order chi connectivity index (χ0) is 13.3. The van der Waals surface area contributed by atoms with Crippen LogP contribution >= 0.6 is 0 Å². The van der Waals surface area contributed by atoms with Crippen molar-refractivity contribution in [1.29, 1.82) is 5.26 Å². The molecule has 90 valence electrons. The summed E-state index contributed by atoms with van der Waals surface area (Å²) in [6.07, 6.45) is 2.62. The predicted molar refractivity (Wildman–Crippen MR) is 62.5 cm³/mol. The molecule has 0 spiro atoms. The van der Waals surface area contributed by atoms with Gasteiger partial charge >= 0.3 is 5.97 Å². The van der Waals surface area contributed by atoms with Gasteiger partial charge in [0.15, 0.2) is 0 Å². The fourth-order valence-corrected chi connectivity index (χ4v) is 1.69. The first-order chi connectivity index (χ1) is 8.52. The third-order valence-electron chi connectivity index (χ3n) is 2.50. The summed E-state index contributed by atoms with van der Waals surface area (Å²) in [6.45, 7) is 3.54. The maximum Gasteiger partial charge on any atom is 0.338 e. The predicted octanol–water partition coefficient (Wildman–Crippen LogP) is 1.45. The Morgan fingerprint density at radius 1 is 1.50 bits per heavy atom. The number of hydrogen-bond acceptors (Lipinski definition) is 4. The maximum atomic E-state index is 10.8. The first-order valence-electron chi connectivity index (χ1n) is 5.19. The van der Waals surface area contributed by atoms with E-state index in [0.29, 0.717) is 16.9 Å². The quantitative estimate of drug-likeness (QED) is 0.860. The zero-order valence-corrected chi connectivity index (χ0v) is 9.88. The van der Waals surface area contributed by atoms with Crippen LogP contribution in [0.2, 0.25) is 0 Å². The molecule has 0 aliphatic rings. The van der Waals surface area contributed by atoms with Gasteiger partial charge in [-0.2, -0.15) is 10.4 Å². The molecule has 0 aliphatic carbocycles. The average Bonchev–Trinajstić information content (AvgIpc) is 2.77. The minimum Gasteiger partial charge on any atom is -0.478 e. The van der Waals surface area contributed by atoms with Crippen LogP contribution in [0.5, 0.6) is 0 Å². The van der Waals surface area contributed by atoms with Crippen LogP contribution in [-0.4, -0.2) is 25.8 Å². The van der Waals surface area contributed by atoms with Crippen molar-refractivity contribution in [2.45, 2.75) is 13.8 Å². The number of rotatable bonds is 2. The molecule has 2 rings (SSSR count). The summed E-state index contributed by atoms with van der Waals surface area (Å²) < 4.78 is 1.38. The molecule has 0 unspecified atom stereocenters. The highest BCUT2D eigenvalue weighted by Crippen LogP contribution is 2.17. The van der Waals surface area contributed by atoms with E-state index < -0.39 is 5.97 Å². The van der Waals surface area contributed by atoms with Gasteiger partial charge in [-0.1, -0.05) is 0 Å². The van der Waals surface area contributed by atoms with E-state index in [0.717, 1.165) is 5.69 Å². The van der Waals surface area contributed by atoms with Crippen molar-refractivity contribution in [3.8, 4) is 11.8 Å². The number of nitrogens with zero attached hydrogens (tertiary/aromatic N) is 4. The van der Waals surface area contributed by atoms with Crippen LogP contribution in [-0.2, 0) is 0 Å². The minimum atomic E-state index is -1.05. The van der Waals surface area contributed by atoms with Gasteiger partial charge in [0.05, 0.1) is 28.7 Å². The lowest BCUT2D eigenvalue weighted by Gasteiger charge is -2.07. The molecule has 0 aromatic carbocycles. The Morgan fingerprint density at radius 3 is 2.78 bits per heavy atom. The summed E-state index contributed by atoms with van der Waals surface area (Å²) in [4.78, 5) is 15.0. The van der Waals surface area contributed by atoms with Gasteiger partial charge in [-0.3, -0.25) is 4.98 Å². The van der Waals surface area contributed by atoms with Gasteiger partial charge in [-0.15, -0.1) is 0 Å². The molecule has 0 radical (unpaired) electrons. The molecule has 0 saturated carbocycles. The van der Waals surface area contributed by atoms with Gasteiger partial charge in [0.25, 0.3) is 0 Å². The highest BCUT2D eigenvalue weighted by molar-refractivity contribution is 5.87. The minimum absolute atomic E-state index is 0.0750. The number of pyridine rings is 1. The van der Waals surface area contributed by atoms with E-state index >= 15 is 0 Å². The van der Waals surface area contributed by atoms with Crippen LogP contribution in [0.3, 0.4) is 0 Å². The number of aromatic nitrogens is 3. The van der Waals surface area contributed by atoms with Gasteiger partial charge < -0.3 is 5.11 Å². The molecule has 0 atom stereocenters. The largest absolute Gasteiger partial charge is 0.478 e. The SMILES string of the molecule is Cc1cc(-n2cc(C(=O)O)cn2)c(C#N)c(C)n1. The molecule has 2 aromatic heterocycles. The average molecular weight is 242 g/mol. The first-order valence-corrected chi connectivity index (χ1v) is 5.19.